The number of unbranched alkanes of at least 4 members (excludes halogenated alkanes) is 4. The van der Waals surface area contributed by atoms with E-state index in [9.17, 15) is 9.59 Å². The first kappa shape index (κ1) is 44.1. The SMILES string of the molecule is C=C=C=C=C1C(CCCCC)CCOC(=O)CCCCCCCC(CCN2CCOCC2)CCCCCCCC(=O)OCCC1CCCCC. The minimum atomic E-state index is -0.0691. The number of esters is 2. The van der Waals surface area contributed by atoms with Gasteiger partial charge in [-0.15, -0.1) is 0 Å². The minimum Gasteiger partial charge on any atom is -0.466 e. The van der Waals surface area contributed by atoms with E-state index < -0.39 is 0 Å². The predicted molar refractivity (Wildman–Crippen MR) is 206 cm³/mol. The largest absolute Gasteiger partial charge is 0.466 e. The van der Waals surface area contributed by atoms with E-state index in [2.05, 4.69) is 42.5 Å². The molecule has 0 bridgehead atoms. The Labute approximate surface area is 307 Å². The number of rotatable bonds is 11. The lowest BCUT2D eigenvalue weighted by Crippen LogP contribution is -2.37. The highest BCUT2D eigenvalue weighted by Gasteiger charge is 2.24. The number of hydrogen-bond donors (Lipinski definition) is 0. The van der Waals surface area contributed by atoms with Crippen molar-refractivity contribution >= 4 is 11.9 Å². The molecule has 0 aromatic rings. The number of morpholine rings is 1. The van der Waals surface area contributed by atoms with Gasteiger partial charge in [-0.2, -0.15) is 0 Å². The van der Waals surface area contributed by atoms with Gasteiger partial charge < -0.3 is 14.2 Å². The van der Waals surface area contributed by atoms with E-state index in [0.717, 1.165) is 109 Å². The maximum Gasteiger partial charge on any atom is 0.305 e. The highest BCUT2D eigenvalue weighted by atomic mass is 16.5. The molecule has 286 valence electrons. The fourth-order valence-electron chi connectivity index (χ4n) is 7.71. The monoisotopic (exact) mass is 698 g/mol. The number of cyclic esters (lactones) is 2. The number of nitrogens with zero attached hydrogens (tertiary/aromatic N) is 1. The lowest BCUT2D eigenvalue weighted by atomic mass is 9.79. The van der Waals surface area contributed by atoms with Crippen LogP contribution in [0.5, 0.6) is 0 Å². The molecule has 2 heterocycles. The van der Waals surface area contributed by atoms with Crippen molar-refractivity contribution in [1.82, 2.24) is 4.90 Å². The Kier molecular flexibility index (Phi) is 27.0. The molecular formula is C44H75NO5. The molecule has 2 aliphatic rings. The van der Waals surface area contributed by atoms with Crippen LogP contribution in [0, 0.1) is 17.8 Å². The van der Waals surface area contributed by atoms with Crippen molar-refractivity contribution in [3.63, 3.8) is 0 Å². The van der Waals surface area contributed by atoms with E-state index in [4.69, 9.17) is 14.2 Å². The zero-order chi connectivity index (χ0) is 35.9. The van der Waals surface area contributed by atoms with Crippen molar-refractivity contribution in [2.45, 2.75) is 174 Å². The summed E-state index contributed by atoms with van der Waals surface area (Å²) in [5.74, 6) is 1.14. The molecule has 2 fully saturated rings. The zero-order valence-electron chi connectivity index (χ0n) is 32.6. The fraction of sp³-hybridized carbons (Fsp3) is 0.841. The van der Waals surface area contributed by atoms with Gasteiger partial charge in [0, 0.05) is 25.9 Å². The molecule has 2 atom stereocenters. The van der Waals surface area contributed by atoms with Crippen LogP contribution in [0.15, 0.2) is 29.3 Å². The van der Waals surface area contributed by atoms with Crippen molar-refractivity contribution in [1.29, 1.82) is 0 Å². The minimum absolute atomic E-state index is 0.0691. The van der Waals surface area contributed by atoms with Crippen molar-refractivity contribution < 1.29 is 23.8 Å². The van der Waals surface area contributed by atoms with E-state index in [0.29, 0.717) is 26.1 Å². The van der Waals surface area contributed by atoms with Crippen LogP contribution >= 0.6 is 0 Å². The molecule has 0 aromatic heterocycles. The molecule has 2 rings (SSSR count). The average molecular weight is 698 g/mol. The molecule has 0 saturated carbocycles. The maximum atomic E-state index is 12.7. The predicted octanol–water partition coefficient (Wildman–Crippen LogP) is 11.1. The average Bonchev–Trinajstić information content (AvgIpc) is 3.12. The van der Waals surface area contributed by atoms with Crippen molar-refractivity contribution in [3.05, 3.63) is 29.3 Å². The summed E-state index contributed by atoms with van der Waals surface area (Å²) >= 11 is 0. The number of hydrogen-bond acceptors (Lipinski definition) is 6. The van der Waals surface area contributed by atoms with Gasteiger partial charge in [0.15, 0.2) is 0 Å². The van der Waals surface area contributed by atoms with Gasteiger partial charge in [0.25, 0.3) is 0 Å². The fourth-order valence-corrected chi connectivity index (χ4v) is 7.71. The van der Waals surface area contributed by atoms with Crippen LogP contribution in [0.25, 0.3) is 0 Å². The van der Waals surface area contributed by atoms with Crippen LogP contribution in [-0.4, -0.2) is 62.9 Å². The molecule has 0 aliphatic carbocycles. The second kappa shape index (κ2) is 30.6. The van der Waals surface area contributed by atoms with E-state index in [1.165, 1.54) is 82.7 Å². The molecule has 2 unspecified atom stereocenters. The van der Waals surface area contributed by atoms with Crippen LogP contribution in [0.3, 0.4) is 0 Å². The van der Waals surface area contributed by atoms with E-state index in [1.54, 1.807) is 0 Å². The van der Waals surface area contributed by atoms with Crippen molar-refractivity contribution in [2.24, 2.45) is 17.8 Å². The highest BCUT2D eigenvalue weighted by molar-refractivity contribution is 5.69. The smallest absolute Gasteiger partial charge is 0.305 e. The van der Waals surface area contributed by atoms with Crippen LogP contribution in [0.2, 0.25) is 0 Å². The molecule has 0 spiro atoms. The summed E-state index contributed by atoms with van der Waals surface area (Å²) < 4.78 is 17.2. The third-order valence-electron chi connectivity index (χ3n) is 10.9. The normalized spacial score (nSPS) is 24.3. The first-order chi connectivity index (χ1) is 24.6. The van der Waals surface area contributed by atoms with Gasteiger partial charge in [0.05, 0.1) is 26.4 Å². The maximum absolute atomic E-state index is 12.7. The summed E-state index contributed by atoms with van der Waals surface area (Å²) in [4.78, 5) is 28.1. The molecule has 6 heteroatoms. The van der Waals surface area contributed by atoms with Crippen LogP contribution in [0.4, 0.5) is 0 Å². The Morgan fingerprint density at radius 2 is 1.14 bits per heavy atom. The second-order valence-corrected chi connectivity index (χ2v) is 15.0. The molecule has 2 saturated heterocycles. The van der Waals surface area contributed by atoms with E-state index in [-0.39, 0.29) is 23.8 Å². The molecule has 0 radical (unpaired) electrons. The second-order valence-electron chi connectivity index (χ2n) is 15.0. The van der Waals surface area contributed by atoms with Crippen LogP contribution in [0.1, 0.15) is 174 Å². The molecule has 0 aromatic carbocycles. The number of ether oxygens (including phenoxy) is 3. The van der Waals surface area contributed by atoms with Crippen molar-refractivity contribution in [2.75, 3.05) is 46.1 Å². The number of carbonyl (C=O) groups excluding carboxylic acids is 2. The summed E-state index contributed by atoms with van der Waals surface area (Å²) in [6.07, 6.45) is 27.0. The lowest BCUT2D eigenvalue weighted by molar-refractivity contribution is -0.144. The topological polar surface area (TPSA) is 65.1 Å². The summed E-state index contributed by atoms with van der Waals surface area (Å²) in [5, 5.41) is 0. The molecule has 6 nitrogen and oxygen atoms in total. The van der Waals surface area contributed by atoms with E-state index >= 15 is 0 Å². The van der Waals surface area contributed by atoms with Crippen LogP contribution in [-0.2, 0) is 23.8 Å². The number of carbonyl (C=O) groups is 2. The summed E-state index contributed by atoms with van der Waals surface area (Å²) in [5.41, 5.74) is 10.5. The molecular weight excluding hydrogens is 622 g/mol. The van der Waals surface area contributed by atoms with Gasteiger partial charge in [-0.3, -0.25) is 14.5 Å². The lowest BCUT2D eigenvalue weighted by Gasteiger charge is -2.28. The van der Waals surface area contributed by atoms with Gasteiger partial charge in [-0.25, -0.2) is 0 Å². The quantitative estimate of drug-likeness (QED) is 0.122. The third kappa shape index (κ3) is 22.0. The summed E-state index contributed by atoms with van der Waals surface area (Å²) in [6.45, 7) is 14.1. The standard InChI is InChI=1S/C44H75NO5/c1-4-7-16-24-40-30-35-49-43(46)27-20-14-10-12-18-22-39(29-32-45-33-37-48-38-34-45)23-19-13-11-15-21-28-44(47)50-36-31-41(25-17-8-5-2)42(40)26-9-6-3/h39-41H,3-5,7-8,10-25,27-38H2,1-2H3. The summed E-state index contributed by atoms with van der Waals surface area (Å²) in [6, 6.07) is 0. The molecule has 0 amide bonds. The molecule has 50 heavy (non-hydrogen) atoms. The Bertz CT molecular complexity index is 948. The first-order valence-electron chi connectivity index (χ1n) is 21.1. The summed E-state index contributed by atoms with van der Waals surface area (Å²) in [7, 11) is 0. The Morgan fingerprint density at radius 1 is 0.640 bits per heavy atom. The van der Waals surface area contributed by atoms with Gasteiger partial charge in [-0.05, 0) is 87.1 Å². The molecule has 2 aliphatic heterocycles. The van der Waals surface area contributed by atoms with Gasteiger partial charge in [-0.1, -0.05) is 128 Å². The Hall–Kier alpha value is -2.06. The Balaban J connectivity index is 2.05. The van der Waals surface area contributed by atoms with Gasteiger partial charge in [0.2, 0.25) is 0 Å². The molecule has 0 N–H and O–H groups in total. The third-order valence-corrected chi connectivity index (χ3v) is 10.9. The Morgan fingerprint density at radius 3 is 1.64 bits per heavy atom. The van der Waals surface area contributed by atoms with Gasteiger partial charge in [0.1, 0.15) is 0 Å². The highest BCUT2D eigenvalue weighted by Crippen LogP contribution is 2.33. The van der Waals surface area contributed by atoms with Gasteiger partial charge >= 0.3 is 11.9 Å². The zero-order valence-corrected chi connectivity index (χ0v) is 32.6. The first-order valence-corrected chi connectivity index (χ1v) is 21.1. The number of allylic oxidation sites excluding steroid dienone is 1. The van der Waals surface area contributed by atoms with Crippen LogP contribution < -0.4 is 0 Å². The van der Waals surface area contributed by atoms with Crippen molar-refractivity contribution in [3.8, 4) is 0 Å². The van der Waals surface area contributed by atoms with E-state index in [1.807, 2.05) is 0 Å².